The number of anilines is 1. The van der Waals surface area contributed by atoms with E-state index in [2.05, 4.69) is 5.32 Å². The number of nitro groups is 1. The molecular formula is C16H12N2O5. The third-order valence-electron chi connectivity index (χ3n) is 3.42. The molecule has 1 aliphatic rings. The second kappa shape index (κ2) is 5.88. The average Bonchev–Trinajstić information content (AvgIpc) is 2.54. The summed E-state index contributed by atoms with van der Waals surface area (Å²) in [6.07, 6.45) is 0.0370. The Morgan fingerprint density at radius 3 is 2.87 bits per heavy atom. The number of hydrogen-bond donors (Lipinski definition) is 1. The van der Waals surface area contributed by atoms with Crippen molar-refractivity contribution in [1.82, 2.24) is 0 Å². The van der Waals surface area contributed by atoms with Crippen LogP contribution in [0.5, 0.6) is 5.75 Å². The van der Waals surface area contributed by atoms with Crippen molar-refractivity contribution in [3.8, 4) is 5.75 Å². The van der Waals surface area contributed by atoms with Crippen LogP contribution in [0.15, 0.2) is 42.5 Å². The van der Waals surface area contributed by atoms with Crippen molar-refractivity contribution < 1.29 is 19.2 Å². The van der Waals surface area contributed by atoms with Crippen LogP contribution in [0, 0.1) is 10.1 Å². The van der Waals surface area contributed by atoms with Gasteiger partial charge in [-0.1, -0.05) is 12.1 Å². The van der Waals surface area contributed by atoms with Crippen molar-refractivity contribution in [3.63, 3.8) is 0 Å². The van der Waals surface area contributed by atoms with E-state index in [-0.39, 0.29) is 30.4 Å². The maximum Gasteiger partial charge on any atom is 0.269 e. The predicted octanol–water partition coefficient (Wildman–Crippen LogP) is 2.35. The Hall–Kier alpha value is -3.22. The molecule has 3 rings (SSSR count). The van der Waals surface area contributed by atoms with Gasteiger partial charge in [0.1, 0.15) is 5.75 Å². The number of non-ortho nitro benzene ring substituents is 1. The number of nitro benzene ring substituents is 1. The summed E-state index contributed by atoms with van der Waals surface area (Å²) in [5.74, 6) is 0.0328. The molecule has 0 saturated heterocycles. The van der Waals surface area contributed by atoms with Gasteiger partial charge in [-0.3, -0.25) is 19.7 Å². The van der Waals surface area contributed by atoms with E-state index in [9.17, 15) is 19.7 Å². The molecule has 0 aliphatic carbocycles. The smallest absolute Gasteiger partial charge is 0.269 e. The maximum absolute atomic E-state index is 12.3. The number of carbonyl (C=O) groups is 2. The first-order valence-corrected chi connectivity index (χ1v) is 6.86. The lowest BCUT2D eigenvalue weighted by atomic mass is 10.0. The van der Waals surface area contributed by atoms with E-state index in [0.717, 1.165) is 0 Å². The van der Waals surface area contributed by atoms with Crippen LogP contribution in [-0.4, -0.2) is 23.2 Å². The zero-order valence-corrected chi connectivity index (χ0v) is 11.9. The molecule has 1 heterocycles. The molecule has 1 aliphatic heterocycles. The van der Waals surface area contributed by atoms with Gasteiger partial charge >= 0.3 is 0 Å². The van der Waals surface area contributed by atoms with Gasteiger partial charge in [0, 0.05) is 24.1 Å². The Morgan fingerprint density at radius 2 is 2.09 bits per heavy atom. The first kappa shape index (κ1) is 14.7. The number of fused-ring (bicyclic) bond motifs is 1. The largest absolute Gasteiger partial charge is 0.482 e. The lowest BCUT2D eigenvalue weighted by Crippen LogP contribution is -2.25. The Bertz CT molecular complexity index is 816. The van der Waals surface area contributed by atoms with Gasteiger partial charge in [-0.15, -0.1) is 0 Å². The first-order chi connectivity index (χ1) is 11.0. The summed E-state index contributed by atoms with van der Waals surface area (Å²) in [5.41, 5.74) is 1.36. The van der Waals surface area contributed by atoms with E-state index in [0.29, 0.717) is 22.6 Å². The Morgan fingerprint density at radius 1 is 1.26 bits per heavy atom. The third kappa shape index (κ3) is 3.18. The highest BCUT2D eigenvalue weighted by molar-refractivity contribution is 6.01. The SMILES string of the molecule is O=C1COc2ccc(C(=O)Cc3cccc([N+](=O)[O-])c3)cc2N1. The second-order valence-electron chi connectivity index (χ2n) is 5.07. The first-order valence-electron chi connectivity index (χ1n) is 6.86. The number of carbonyl (C=O) groups excluding carboxylic acids is 2. The van der Waals surface area contributed by atoms with Crippen LogP contribution >= 0.6 is 0 Å². The van der Waals surface area contributed by atoms with E-state index in [1.807, 2.05) is 0 Å². The van der Waals surface area contributed by atoms with E-state index in [4.69, 9.17) is 4.74 Å². The average molecular weight is 312 g/mol. The van der Waals surface area contributed by atoms with Crippen molar-refractivity contribution >= 4 is 23.1 Å². The molecule has 23 heavy (non-hydrogen) atoms. The fourth-order valence-electron chi connectivity index (χ4n) is 2.32. The fourth-order valence-corrected chi connectivity index (χ4v) is 2.32. The van der Waals surface area contributed by atoms with Crippen LogP contribution < -0.4 is 10.1 Å². The Labute approximate surface area is 131 Å². The maximum atomic E-state index is 12.3. The number of benzene rings is 2. The number of ketones is 1. The highest BCUT2D eigenvalue weighted by Crippen LogP contribution is 2.29. The van der Waals surface area contributed by atoms with Crippen molar-refractivity contribution in [2.45, 2.75) is 6.42 Å². The zero-order valence-electron chi connectivity index (χ0n) is 11.9. The number of nitrogens with one attached hydrogen (secondary N) is 1. The topological polar surface area (TPSA) is 98.5 Å². The molecular weight excluding hydrogens is 300 g/mol. The molecule has 0 saturated carbocycles. The number of nitrogens with zero attached hydrogens (tertiary/aromatic N) is 1. The van der Waals surface area contributed by atoms with E-state index in [1.54, 1.807) is 30.3 Å². The van der Waals surface area contributed by atoms with E-state index >= 15 is 0 Å². The molecule has 0 unspecified atom stereocenters. The van der Waals surface area contributed by atoms with E-state index in [1.165, 1.54) is 12.1 Å². The lowest BCUT2D eigenvalue weighted by Gasteiger charge is -2.18. The monoisotopic (exact) mass is 312 g/mol. The van der Waals surface area contributed by atoms with Crippen LogP contribution in [-0.2, 0) is 11.2 Å². The molecule has 0 bridgehead atoms. The molecule has 2 aromatic rings. The van der Waals surface area contributed by atoms with Gasteiger partial charge < -0.3 is 10.1 Å². The molecule has 2 aromatic carbocycles. The second-order valence-corrected chi connectivity index (χ2v) is 5.07. The summed E-state index contributed by atoms with van der Waals surface area (Å²) in [6.45, 7) is -0.0476. The molecule has 0 aromatic heterocycles. The Balaban J connectivity index is 1.81. The quantitative estimate of drug-likeness (QED) is 0.531. The van der Waals surface area contributed by atoms with Gasteiger partial charge in [0.15, 0.2) is 12.4 Å². The van der Waals surface area contributed by atoms with Crippen molar-refractivity contribution in [2.75, 3.05) is 11.9 Å². The van der Waals surface area contributed by atoms with Gasteiger partial charge in [-0.25, -0.2) is 0 Å². The molecule has 116 valence electrons. The van der Waals surface area contributed by atoms with Crippen molar-refractivity contribution in [3.05, 3.63) is 63.7 Å². The van der Waals surface area contributed by atoms with Crippen LogP contribution in [0.4, 0.5) is 11.4 Å². The van der Waals surface area contributed by atoms with Gasteiger partial charge in [0.25, 0.3) is 11.6 Å². The van der Waals surface area contributed by atoms with Crippen molar-refractivity contribution in [2.24, 2.45) is 0 Å². The highest BCUT2D eigenvalue weighted by Gasteiger charge is 2.18. The van der Waals surface area contributed by atoms with Gasteiger partial charge in [-0.05, 0) is 23.8 Å². The number of rotatable bonds is 4. The van der Waals surface area contributed by atoms with E-state index < -0.39 is 4.92 Å². The molecule has 0 spiro atoms. The standard InChI is InChI=1S/C16H12N2O5/c19-14(7-10-2-1-3-12(6-10)18(21)22)11-4-5-15-13(8-11)17-16(20)9-23-15/h1-6,8H,7,9H2,(H,17,20). The van der Waals surface area contributed by atoms with Gasteiger partial charge in [0.2, 0.25) is 0 Å². The van der Waals surface area contributed by atoms with Crippen LogP contribution in [0.1, 0.15) is 15.9 Å². The summed E-state index contributed by atoms with van der Waals surface area (Å²) in [5, 5.41) is 13.4. The summed E-state index contributed by atoms with van der Waals surface area (Å²) >= 11 is 0. The summed E-state index contributed by atoms with van der Waals surface area (Å²) in [7, 11) is 0. The van der Waals surface area contributed by atoms with Crippen molar-refractivity contribution in [1.29, 1.82) is 0 Å². The number of Topliss-reactive ketones (excluding diaryl/α,β-unsaturated/α-hetero) is 1. The Kier molecular flexibility index (Phi) is 3.76. The van der Waals surface area contributed by atoms with Gasteiger partial charge in [0.05, 0.1) is 10.6 Å². The number of ether oxygens (including phenoxy) is 1. The van der Waals surface area contributed by atoms with Crippen LogP contribution in [0.2, 0.25) is 0 Å². The zero-order chi connectivity index (χ0) is 16.4. The van der Waals surface area contributed by atoms with Gasteiger partial charge in [-0.2, -0.15) is 0 Å². The molecule has 0 radical (unpaired) electrons. The molecule has 7 heteroatoms. The molecule has 7 nitrogen and oxygen atoms in total. The highest BCUT2D eigenvalue weighted by atomic mass is 16.6. The molecule has 1 N–H and O–H groups in total. The predicted molar refractivity (Wildman–Crippen MR) is 81.7 cm³/mol. The summed E-state index contributed by atoms with van der Waals surface area (Å²) in [4.78, 5) is 33.9. The summed E-state index contributed by atoms with van der Waals surface area (Å²) < 4.78 is 5.23. The minimum absolute atomic E-state index is 0.0370. The summed E-state index contributed by atoms with van der Waals surface area (Å²) in [6, 6.07) is 10.7. The molecule has 0 atom stereocenters. The molecule has 1 amide bonds. The lowest BCUT2D eigenvalue weighted by molar-refractivity contribution is -0.384. The fraction of sp³-hybridized carbons (Fsp3) is 0.125. The number of hydrogen-bond acceptors (Lipinski definition) is 5. The minimum Gasteiger partial charge on any atom is -0.482 e. The molecule has 0 fully saturated rings. The van der Waals surface area contributed by atoms with Crippen LogP contribution in [0.3, 0.4) is 0 Å². The number of amides is 1. The normalized spacial score (nSPS) is 12.8. The minimum atomic E-state index is -0.500. The van der Waals surface area contributed by atoms with Crippen LogP contribution in [0.25, 0.3) is 0 Å². The third-order valence-corrected chi connectivity index (χ3v) is 3.42.